The number of hydrogen-bond acceptors (Lipinski definition) is 2. The lowest BCUT2D eigenvalue weighted by atomic mass is 10.1. The molecule has 1 atom stereocenters. The van der Waals surface area contributed by atoms with Gasteiger partial charge in [0.15, 0.2) is 0 Å². The Morgan fingerprint density at radius 3 is 2.65 bits per heavy atom. The summed E-state index contributed by atoms with van der Waals surface area (Å²) in [7, 11) is 0. The average Bonchev–Trinajstić information content (AvgIpc) is 2.41. The van der Waals surface area contributed by atoms with Crippen LogP contribution in [0.25, 0.3) is 0 Å². The van der Waals surface area contributed by atoms with Crippen LogP contribution in [0.4, 0.5) is 8.78 Å². The molecule has 0 amide bonds. The maximum atomic E-state index is 13.1. The van der Waals surface area contributed by atoms with Gasteiger partial charge in [0, 0.05) is 10.6 Å². The van der Waals surface area contributed by atoms with Crippen molar-refractivity contribution in [3.63, 3.8) is 0 Å². The Labute approximate surface area is 129 Å². The summed E-state index contributed by atoms with van der Waals surface area (Å²) in [6, 6.07) is 10.9. The Morgan fingerprint density at radius 1 is 1.15 bits per heavy atom. The first-order valence-electron chi connectivity index (χ1n) is 6.05. The summed E-state index contributed by atoms with van der Waals surface area (Å²) in [6.07, 6.45) is -0.137. The van der Waals surface area contributed by atoms with Gasteiger partial charge in [0.1, 0.15) is 11.6 Å². The summed E-state index contributed by atoms with van der Waals surface area (Å²) in [5.74, 6) is -0.150. The highest BCUT2D eigenvalue weighted by atomic mass is 79.9. The van der Waals surface area contributed by atoms with Crippen molar-refractivity contribution in [3.8, 4) is 0 Å². The van der Waals surface area contributed by atoms with Crippen LogP contribution < -0.4 is 0 Å². The second-order valence-corrected chi connectivity index (χ2v) is 6.32. The number of thioether (sulfide) groups is 1. The standard InChI is InChI=1S/C15H13BrF2OS/c16-14-7-10(4-5-15(14)18)6-12(19)9-20-13-3-1-2-11(17)8-13/h1-5,7-8,12,19H,6,9H2. The minimum Gasteiger partial charge on any atom is -0.392 e. The van der Waals surface area contributed by atoms with Crippen LogP contribution in [0.1, 0.15) is 5.56 Å². The Hall–Kier alpha value is -0.910. The summed E-state index contributed by atoms with van der Waals surface area (Å²) in [5, 5.41) is 9.97. The van der Waals surface area contributed by atoms with Crippen molar-refractivity contribution in [2.45, 2.75) is 17.4 Å². The minimum absolute atomic E-state index is 0.285. The van der Waals surface area contributed by atoms with Crippen LogP contribution in [-0.4, -0.2) is 17.0 Å². The topological polar surface area (TPSA) is 20.2 Å². The predicted octanol–water partition coefficient (Wildman–Crippen LogP) is 4.42. The van der Waals surface area contributed by atoms with Crippen LogP contribution in [-0.2, 0) is 6.42 Å². The van der Waals surface area contributed by atoms with Gasteiger partial charge in [-0.15, -0.1) is 11.8 Å². The predicted molar refractivity (Wildman–Crippen MR) is 80.9 cm³/mol. The molecule has 0 bridgehead atoms. The van der Waals surface area contributed by atoms with Gasteiger partial charge in [-0.3, -0.25) is 0 Å². The molecular formula is C15H13BrF2OS. The molecule has 0 spiro atoms. The molecule has 0 aliphatic carbocycles. The molecule has 0 fully saturated rings. The van der Waals surface area contributed by atoms with Crippen LogP contribution in [0.3, 0.4) is 0 Å². The zero-order valence-corrected chi connectivity index (χ0v) is 12.9. The average molecular weight is 359 g/mol. The van der Waals surface area contributed by atoms with Gasteiger partial charge >= 0.3 is 0 Å². The molecule has 0 heterocycles. The number of aliphatic hydroxyl groups is 1. The molecule has 0 saturated heterocycles. The quantitative estimate of drug-likeness (QED) is 0.798. The first-order chi connectivity index (χ1) is 9.54. The van der Waals surface area contributed by atoms with Crippen molar-refractivity contribution in [2.24, 2.45) is 0 Å². The van der Waals surface area contributed by atoms with E-state index in [2.05, 4.69) is 15.9 Å². The fourth-order valence-corrected chi connectivity index (χ4v) is 3.05. The van der Waals surface area contributed by atoms with Crippen LogP contribution in [0.5, 0.6) is 0 Å². The lowest BCUT2D eigenvalue weighted by Gasteiger charge is -2.11. The SMILES string of the molecule is OC(CSc1cccc(F)c1)Cc1ccc(F)c(Br)c1. The van der Waals surface area contributed by atoms with Crippen molar-refractivity contribution in [1.29, 1.82) is 0 Å². The summed E-state index contributed by atoms with van der Waals surface area (Å²) in [5.41, 5.74) is 0.852. The van der Waals surface area contributed by atoms with E-state index >= 15 is 0 Å². The van der Waals surface area contributed by atoms with Gasteiger partial charge < -0.3 is 5.11 Å². The van der Waals surface area contributed by atoms with Gasteiger partial charge in [0.25, 0.3) is 0 Å². The normalized spacial score (nSPS) is 12.4. The number of benzene rings is 2. The Bertz CT molecular complexity index is 592. The Morgan fingerprint density at radius 2 is 1.95 bits per heavy atom. The molecule has 0 aromatic heterocycles. The monoisotopic (exact) mass is 358 g/mol. The largest absolute Gasteiger partial charge is 0.392 e. The zero-order valence-electron chi connectivity index (χ0n) is 10.5. The van der Waals surface area contributed by atoms with Crippen LogP contribution in [0.15, 0.2) is 51.8 Å². The molecule has 0 aliphatic rings. The van der Waals surface area contributed by atoms with E-state index in [1.54, 1.807) is 24.3 Å². The number of aliphatic hydroxyl groups excluding tert-OH is 1. The molecule has 0 aliphatic heterocycles. The van der Waals surface area contributed by atoms with E-state index in [1.165, 1.54) is 30.0 Å². The lowest BCUT2D eigenvalue weighted by Crippen LogP contribution is -2.13. The van der Waals surface area contributed by atoms with Crippen molar-refractivity contribution in [2.75, 3.05) is 5.75 Å². The van der Waals surface area contributed by atoms with Crippen LogP contribution >= 0.6 is 27.7 Å². The maximum Gasteiger partial charge on any atom is 0.137 e. The first kappa shape index (κ1) is 15.5. The fourth-order valence-electron chi connectivity index (χ4n) is 1.75. The third-order valence-electron chi connectivity index (χ3n) is 2.69. The summed E-state index contributed by atoms with van der Waals surface area (Å²) in [4.78, 5) is 0.782. The highest BCUT2D eigenvalue weighted by Gasteiger charge is 2.09. The van der Waals surface area contributed by atoms with E-state index in [0.717, 1.165) is 10.5 Å². The summed E-state index contributed by atoms with van der Waals surface area (Å²) < 4.78 is 26.5. The molecule has 0 radical (unpaired) electrons. The van der Waals surface area contributed by atoms with E-state index in [0.29, 0.717) is 16.6 Å². The molecule has 20 heavy (non-hydrogen) atoms. The van der Waals surface area contributed by atoms with E-state index in [9.17, 15) is 13.9 Å². The van der Waals surface area contributed by atoms with Gasteiger partial charge in [-0.25, -0.2) is 8.78 Å². The van der Waals surface area contributed by atoms with E-state index in [4.69, 9.17) is 0 Å². The zero-order chi connectivity index (χ0) is 14.5. The van der Waals surface area contributed by atoms with Crippen molar-refractivity contribution < 1.29 is 13.9 Å². The molecule has 1 unspecified atom stereocenters. The molecule has 5 heteroatoms. The van der Waals surface area contributed by atoms with Crippen molar-refractivity contribution >= 4 is 27.7 Å². The second-order valence-electron chi connectivity index (χ2n) is 4.37. The third kappa shape index (κ3) is 4.58. The van der Waals surface area contributed by atoms with Gasteiger partial charge in [-0.1, -0.05) is 12.1 Å². The maximum absolute atomic E-state index is 13.1. The van der Waals surface area contributed by atoms with Gasteiger partial charge in [-0.05, 0) is 58.2 Å². The Kier molecular flexibility index (Phi) is 5.57. The van der Waals surface area contributed by atoms with Gasteiger partial charge in [0.2, 0.25) is 0 Å². The Balaban J connectivity index is 1.89. The molecule has 2 aromatic rings. The van der Waals surface area contributed by atoms with E-state index in [1.807, 2.05) is 0 Å². The molecular weight excluding hydrogens is 346 g/mol. The minimum atomic E-state index is -0.569. The fraction of sp³-hybridized carbons (Fsp3) is 0.200. The van der Waals surface area contributed by atoms with Crippen molar-refractivity contribution in [3.05, 3.63) is 64.1 Å². The van der Waals surface area contributed by atoms with Crippen LogP contribution in [0.2, 0.25) is 0 Å². The van der Waals surface area contributed by atoms with Crippen molar-refractivity contribution in [1.82, 2.24) is 0 Å². The van der Waals surface area contributed by atoms with Crippen LogP contribution in [0, 0.1) is 11.6 Å². The van der Waals surface area contributed by atoms with E-state index < -0.39 is 6.10 Å². The third-order valence-corrected chi connectivity index (χ3v) is 4.44. The smallest absolute Gasteiger partial charge is 0.137 e. The molecule has 1 N–H and O–H groups in total. The molecule has 106 valence electrons. The second kappa shape index (κ2) is 7.20. The highest BCUT2D eigenvalue weighted by molar-refractivity contribution is 9.10. The number of hydrogen-bond donors (Lipinski definition) is 1. The molecule has 2 aromatic carbocycles. The van der Waals surface area contributed by atoms with Gasteiger partial charge in [-0.2, -0.15) is 0 Å². The molecule has 1 nitrogen and oxygen atoms in total. The first-order valence-corrected chi connectivity index (χ1v) is 7.83. The molecule has 2 rings (SSSR count). The van der Waals surface area contributed by atoms with Gasteiger partial charge in [0.05, 0.1) is 10.6 Å². The summed E-state index contributed by atoms with van der Waals surface area (Å²) in [6.45, 7) is 0. The number of rotatable bonds is 5. The molecule has 0 saturated carbocycles. The lowest BCUT2D eigenvalue weighted by molar-refractivity contribution is 0.200. The summed E-state index contributed by atoms with van der Waals surface area (Å²) >= 11 is 4.51. The highest BCUT2D eigenvalue weighted by Crippen LogP contribution is 2.22. The van der Waals surface area contributed by atoms with E-state index in [-0.39, 0.29) is 11.6 Å². The number of halogens is 3.